The van der Waals surface area contributed by atoms with Gasteiger partial charge in [0.2, 0.25) is 0 Å². The minimum absolute atomic E-state index is 0.338. The van der Waals surface area contributed by atoms with Crippen LogP contribution in [0.4, 0.5) is 0 Å². The topological polar surface area (TPSA) is 60.0 Å². The van der Waals surface area contributed by atoms with E-state index in [0.29, 0.717) is 6.04 Å². The number of nitrogens with zero attached hydrogens (tertiary/aromatic N) is 4. The highest BCUT2D eigenvalue weighted by Crippen LogP contribution is 2.09. The standard InChI is InChI=1S/C10H19N5/c1-2-9(11)3-4-14-5-6-15-8-12-13-10(15)7-14/h8-9H,2-7,11H2,1H3. The van der Waals surface area contributed by atoms with Gasteiger partial charge in [0.1, 0.15) is 12.2 Å². The predicted octanol–water partition coefficient (Wildman–Crippen LogP) is 0.221. The molecule has 2 heterocycles. The third-order valence-corrected chi connectivity index (χ3v) is 3.06. The molecule has 1 aliphatic rings. The fourth-order valence-electron chi connectivity index (χ4n) is 1.86. The molecule has 0 bridgehead atoms. The molecule has 0 spiro atoms. The van der Waals surface area contributed by atoms with Gasteiger partial charge in [-0.2, -0.15) is 0 Å². The number of hydrogen-bond donors (Lipinski definition) is 1. The molecule has 0 saturated heterocycles. The fraction of sp³-hybridized carbons (Fsp3) is 0.800. The zero-order valence-electron chi connectivity index (χ0n) is 9.26. The lowest BCUT2D eigenvalue weighted by atomic mass is 10.1. The molecule has 5 nitrogen and oxygen atoms in total. The third kappa shape index (κ3) is 2.54. The quantitative estimate of drug-likeness (QED) is 0.770. The second-order valence-corrected chi connectivity index (χ2v) is 4.17. The molecule has 1 atom stereocenters. The Bertz CT molecular complexity index is 309. The van der Waals surface area contributed by atoms with E-state index in [4.69, 9.17) is 5.73 Å². The Morgan fingerprint density at radius 3 is 3.20 bits per heavy atom. The summed E-state index contributed by atoms with van der Waals surface area (Å²) in [7, 11) is 0. The van der Waals surface area contributed by atoms with Crippen molar-refractivity contribution in [2.45, 2.75) is 38.9 Å². The van der Waals surface area contributed by atoms with Gasteiger partial charge in [0.25, 0.3) is 0 Å². The van der Waals surface area contributed by atoms with Crippen molar-refractivity contribution in [1.82, 2.24) is 19.7 Å². The molecule has 1 unspecified atom stereocenters. The maximum absolute atomic E-state index is 5.90. The van der Waals surface area contributed by atoms with Crippen LogP contribution in [-0.2, 0) is 13.1 Å². The highest BCUT2D eigenvalue weighted by molar-refractivity contribution is 4.89. The van der Waals surface area contributed by atoms with Crippen molar-refractivity contribution in [2.75, 3.05) is 13.1 Å². The summed E-state index contributed by atoms with van der Waals surface area (Å²) >= 11 is 0. The van der Waals surface area contributed by atoms with Crippen molar-refractivity contribution in [3.63, 3.8) is 0 Å². The molecular formula is C10H19N5. The molecule has 0 saturated carbocycles. The molecule has 5 heteroatoms. The molecule has 1 aromatic rings. The van der Waals surface area contributed by atoms with Crippen molar-refractivity contribution in [2.24, 2.45) is 5.73 Å². The van der Waals surface area contributed by atoms with Gasteiger partial charge in [-0.1, -0.05) is 6.92 Å². The molecule has 0 aliphatic carbocycles. The Labute approximate surface area is 90.3 Å². The first-order chi connectivity index (χ1) is 7.29. The summed E-state index contributed by atoms with van der Waals surface area (Å²) in [5.74, 6) is 1.08. The van der Waals surface area contributed by atoms with Crippen LogP contribution in [0.5, 0.6) is 0 Å². The Balaban J connectivity index is 1.82. The highest BCUT2D eigenvalue weighted by atomic mass is 15.3. The first-order valence-corrected chi connectivity index (χ1v) is 5.64. The minimum atomic E-state index is 0.338. The second kappa shape index (κ2) is 4.72. The van der Waals surface area contributed by atoms with Crippen LogP contribution in [0.25, 0.3) is 0 Å². The Kier molecular flexibility index (Phi) is 3.33. The van der Waals surface area contributed by atoms with Crippen molar-refractivity contribution >= 4 is 0 Å². The summed E-state index contributed by atoms with van der Waals surface area (Å²) in [4.78, 5) is 2.40. The number of rotatable bonds is 4. The number of aromatic nitrogens is 3. The van der Waals surface area contributed by atoms with E-state index >= 15 is 0 Å². The molecule has 1 aliphatic heterocycles. The SMILES string of the molecule is CCC(N)CCN1CCn2cnnc2C1. The third-order valence-electron chi connectivity index (χ3n) is 3.06. The summed E-state index contributed by atoms with van der Waals surface area (Å²) in [6.07, 6.45) is 3.94. The Morgan fingerprint density at radius 2 is 2.40 bits per heavy atom. The molecule has 0 fully saturated rings. The summed E-state index contributed by atoms with van der Waals surface area (Å²) < 4.78 is 2.12. The molecule has 84 valence electrons. The zero-order valence-corrected chi connectivity index (χ0v) is 9.26. The van der Waals surface area contributed by atoms with Gasteiger partial charge in [-0.3, -0.25) is 4.90 Å². The lowest BCUT2D eigenvalue weighted by molar-refractivity contribution is 0.209. The van der Waals surface area contributed by atoms with Crippen LogP contribution in [-0.4, -0.2) is 38.8 Å². The van der Waals surface area contributed by atoms with E-state index in [1.165, 1.54) is 0 Å². The largest absolute Gasteiger partial charge is 0.328 e. The van der Waals surface area contributed by atoms with Crippen LogP contribution in [0.1, 0.15) is 25.6 Å². The van der Waals surface area contributed by atoms with Gasteiger partial charge >= 0.3 is 0 Å². The van der Waals surface area contributed by atoms with Gasteiger partial charge < -0.3 is 10.3 Å². The summed E-state index contributed by atoms with van der Waals surface area (Å²) in [5, 5.41) is 8.01. The second-order valence-electron chi connectivity index (χ2n) is 4.17. The van der Waals surface area contributed by atoms with E-state index < -0.39 is 0 Å². The smallest absolute Gasteiger partial charge is 0.147 e. The van der Waals surface area contributed by atoms with E-state index in [-0.39, 0.29) is 0 Å². The first-order valence-electron chi connectivity index (χ1n) is 5.64. The van der Waals surface area contributed by atoms with Crippen molar-refractivity contribution in [3.05, 3.63) is 12.2 Å². The molecular weight excluding hydrogens is 190 g/mol. The Morgan fingerprint density at radius 1 is 1.53 bits per heavy atom. The zero-order chi connectivity index (χ0) is 10.7. The lowest BCUT2D eigenvalue weighted by Gasteiger charge is -2.27. The molecule has 15 heavy (non-hydrogen) atoms. The highest BCUT2D eigenvalue weighted by Gasteiger charge is 2.17. The van der Waals surface area contributed by atoms with Crippen LogP contribution >= 0.6 is 0 Å². The van der Waals surface area contributed by atoms with Gasteiger partial charge in [-0.25, -0.2) is 0 Å². The number of nitrogens with two attached hydrogens (primary N) is 1. The van der Waals surface area contributed by atoms with Gasteiger partial charge in [-0.05, 0) is 12.8 Å². The monoisotopic (exact) mass is 209 g/mol. The van der Waals surface area contributed by atoms with Crippen LogP contribution < -0.4 is 5.73 Å². The van der Waals surface area contributed by atoms with Gasteiger partial charge in [0, 0.05) is 25.7 Å². The van der Waals surface area contributed by atoms with Crippen molar-refractivity contribution in [1.29, 1.82) is 0 Å². The summed E-state index contributed by atoms with van der Waals surface area (Å²) in [6.45, 7) is 6.21. The van der Waals surface area contributed by atoms with E-state index in [9.17, 15) is 0 Å². The van der Waals surface area contributed by atoms with Gasteiger partial charge in [0.05, 0.1) is 6.54 Å². The molecule has 0 radical (unpaired) electrons. The molecule has 2 N–H and O–H groups in total. The van der Waals surface area contributed by atoms with Crippen LogP contribution in [0.2, 0.25) is 0 Å². The van der Waals surface area contributed by atoms with E-state index in [1.54, 1.807) is 0 Å². The minimum Gasteiger partial charge on any atom is -0.328 e. The van der Waals surface area contributed by atoms with Crippen LogP contribution in [0.15, 0.2) is 6.33 Å². The fourth-order valence-corrected chi connectivity index (χ4v) is 1.86. The summed E-state index contributed by atoms with van der Waals surface area (Å²) in [5.41, 5.74) is 5.90. The van der Waals surface area contributed by atoms with E-state index in [0.717, 1.165) is 44.8 Å². The first kappa shape index (κ1) is 10.6. The van der Waals surface area contributed by atoms with Crippen molar-refractivity contribution in [3.8, 4) is 0 Å². The summed E-state index contributed by atoms with van der Waals surface area (Å²) in [6, 6.07) is 0.338. The molecule has 1 aromatic heterocycles. The van der Waals surface area contributed by atoms with Crippen molar-refractivity contribution < 1.29 is 0 Å². The molecule has 2 rings (SSSR count). The normalized spacial score (nSPS) is 18.8. The lowest BCUT2D eigenvalue weighted by Crippen LogP contribution is -2.36. The Hall–Kier alpha value is -0.940. The van der Waals surface area contributed by atoms with Gasteiger partial charge in [0.15, 0.2) is 0 Å². The maximum atomic E-state index is 5.90. The number of fused-ring (bicyclic) bond motifs is 1. The average Bonchev–Trinajstić information content (AvgIpc) is 2.72. The molecule has 0 aromatic carbocycles. The number of hydrogen-bond acceptors (Lipinski definition) is 4. The van der Waals surface area contributed by atoms with Crippen LogP contribution in [0.3, 0.4) is 0 Å². The van der Waals surface area contributed by atoms with E-state index in [2.05, 4.69) is 26.6 Å². The maximum Gasteiger partial charge on any atom is 0.147 e. The van der Waals surface area contributed by atoms with Crippen LogP contribution in [0, 0.1) is 0 Å². The van der Waals surface area contributed by atoms with Gasteiger partial charge in [-0.15, -0.1) is 10.2 Å². The molecule has 0 amide bonds. The average molecular weight is 209 g/mol. The predicted molar refractivity (Wildman–Crippen MR) is 58.2 cm³/mol. The van der Waals surface area contributed by atoms with E-state index in [1.807, 2.05) is 6.33 Å².